The predicted octanol–water partition coefficient (Wildman–Crippen LogP) is 2.22. The fraction of sp³-hybridized carbons (Fsp3) is 0.143. The summed E-state index contributed by atoms with van der Waals surface area (Å²) in [5.74, 6) is -0.618. The number of amides is 1. The lowest BCUT2D eigenvalue weighted by atomic mass is 10.2. The second-order valence-electron chi connectivity index (χ2n) is 7.10. The Hall–Kier alpha value is -3.99. The first-order chi connectivity index (χ1) is 15.6. The van der Waals surface area contributed by atoms with E-state index in [2.05, 4.69) is 24.1 Å². The number of rotatable bonds is 6. The van der Waals surface area contributed by atoms with Crippen LogP contribution in [0.5, 0.6) is 0 Å². The lowest BCUT2D eigenvalue weighted by molar-refractivity contribution is 0.0952. The van der Waals surface area contributed by atoms with Crippen LogP contribution in [0.4, 0.5) is 4.39 Å². The number of nitrogens with zero attached hydrogens (tertiary/aromatic N) is 6. The molecule has 0 unspecified atom stereocenters. The molecule has 3 heterocycles. The van der Waals surface area contributed by atoms with Crippen LogP contribution in [0.1, 0.15) is 15.9 Å². The van der Waals surface area contributed by atoms with E-state index < -0.39 is 0 Å². The van der Waals surface area contributed by atoms with Crippen molar-refractivity contribution in [2.45, 2.75) is 13.1 Å². The van der Waals surface area contributed by atoms with Gasteiger partial charge in [0.05, 0.1) is 31.0 Å². The molecule has 0 spiro atoms. The SMILES string of the molecule is O=C(NCCn1ncc2c(=O)n(Cc3ccccc3F)cnc21)c1ccc2nsnc2c1. The normalized spacial score (nSPS) is 11.3. The molecule has 0 radical (unpaired) electrons. The quantitative estimate of drug-likeness (QED) is 0.426. The second-order valence-corrected chi connectivity index (χ2v) is 7.63. The molecule has 5 aromatic rings. The third-order valence-electron chi connectivity index (χ3n) is 5.05. The van der Waals surface area contributed by atoms with Gasteiger partial charge in [0, 0.05) is 17.7 Å². The summed E-state index contributed by atoms with van der Waals surface area (Å²) in [6.45, 7) is 0.705. The van der Waals surface area contributed by atoms with E-state index in [1.54, 1.807) is 41.1 Å². The van der Waals surface area contributed by atoms with Crippen molar-refractivity contribution in [3.8, 4) is 0 Å². The minimum atomic E-state index is -0.379. The van der Waals surface area contributed by atoms with Gasteiger partial charge in [-0.2, -0.15) is 13.8 Å². The Bertz CT molecular complexity index is 1510. The van der Waals surface area contributed by atoms with Gasteiger partial charge in [0.1, 0.15) is 28.6 Å². The number of carbonyl (C=O) groups excluding carboxylic acids is 1. The van der Waals surface area contributed by atoms with E-state index in [4.69, 9.17) is 0 Å². The highest BCUT2D eigenvalue weighted by atomic mass is 32.1. The Morgan fingerprint density at radius 2 is 1.97 bits per heavy atom. The third-order valence-corrected chi connectivity index (χ3v) is 5.60. The number of hydrogen-bond acceptors (Lipinski definition) is 7. The van der Waals surface area contributed by atoms with Crippen LogP contribution in [-0.2, 0) is 13.1 Å². The minimum Gasteiger partial charge on any atom is -0.350 e. The van der Waals surface area contributed by atoms with Crippen molar-refractivity contribution in [1.82, 2.24) is 33.4 Å². The lowest BCUT2D eigenvalue weighted by Gasteiger charge is -2.08. The number of halogens is 1. The fourth-order valence-electron chi connectivity index (χ4n) is 3.38. The fourth-order valence-corrected chi connectivity index (χ4v) is 3.90. The first kappa shape index (κ1) is 19.9. The summed E-state index contributed by atoms with van der Waals surface area (Å²) in [5.41, 5.74) is 2.42. The van der Waals surface area contributed by atoms with E-state index >= 15 is 0 Å². The Labute approximate surface area is 184 Å². The van der Waals surface area contributed by atoms with Crippen molar-refractivity contribution < 1.29 is 9.18 Å². The molecule has 160 valence electrons. The minimum absolute atomic E-state index is 0.0779. The molecule has 11 heteroatoms. The van der Waals surface area contributed by atoms with Crippen molar-refractivity contribution >= 4 is 39.7 Å². The summed E-state index contributed by atoms with van der Waals surface area (Å²) < 4.78 is 25.1. The van der Waals surface area contributed by atoms with Gasteiger partial charge in [0.25, 0.3) is 11.5 Å². The number of hydrogen-bond donors (Lipinski definition) is 1. The first-order valence-electron chi connectivity index (χ1n) is 9.75. The van der Waals surface area contributed by atoms with E-state index in [0.29, 0.717) is 40.8 Å². The molecule has 3 aromatic heterocycles. The Kier molecular flexibility index (Phi) is 5.15. The van der Waals surface area contributed by atoms with E-state index in [0.717, 1.165) is 17.2 Å². The summed E-state index contributed by atoms with van der Waals surface area (Å²) in [6.07, 6.45) is 2.82. The van der Waals surface area contributed by atoms with Crippen LogP contribution in [0.3, 0.4) is 0 Å². The maximum absolute atomic E-state index is 13.9. The Morgan fingerprint density at radius 1 is 1.12 bits per heavy atom. The van der Waals surface area contributed by atoms with Crippen molar-refractivity contribution in [2.75, 3.05) is 6.54 Å². The monoisotopic (exact) mass is 449 g/mol. The van der Waals surface area contributed by atoms with Gasteiger partial charge in [0.2, 0.25) is 0 Å². The van der Waals surface area contributed by atoms with Crippen LogP contribution in [-0.4, -0.2) is 40.5 Å². The summed E-state index contributed by atoms with van der Waals surface area (Å²) >= 11 is 1.10. The zero-order valence-electron chi connectivity index (χ0n) is 16.6. The average molecular weight is 449 g/mol. The Morgan fingerprint density at radius 3 is 2.84 bits per heavy atom. The molecule has 0 saturated carbocycles. The smallest absolute Gasteiger partial charge is 0.264 e. The maximum atomic E-state index is 13.9. The highest BCUT2D eigenvalue weighted by molar-refractivity contribution is 7.00. The van der Waals surface area contributed by atoms with Crippen molar-refractivity contribution in [3.63, 3.8) is 0 Å². The standard InChI is InChI=1S/C21H16FN7O2S/c22-16-4-2-1-3-14(16)11-28-12-24-19-15(21(28)31)10-25-29(19)8-7-23-20(30)13-5-6-17-18(9-13)27-32-26-17/h1-6,9-10,12H,7-8,11H2,(H,23,30). The molecular formula is C21H16FN7O2S. The summed E-state index contributed by atoms with van der Waals surface area (Å²) in [4.78, 5) is 29.5. The van der Waals surface area contributed by atoms with Crippen molar-refractivity contribution in [3.05, 3.63) is 82.3 Å². The zero-order chi connectivity index (χ0) is 22.1. The third kappa shape index (κ3) is 3.73. The molecule has 0 aliphatic carbocycles. The molecule has 32 heavy (non-hydrogen) atoms. The van der Waals surface area contributed by atoms with E-state index in [-0.39, 0.29) is 23.8 Å². The van der Waals surface area contributed by atoms with Crippen LogP contribution < -0.4 is 10.9 Å². The van der Waals surface area contributed by atoms with E-state index in [1.165, 1.54) is 23.2 Å². The summed E-state index contributed by atoms with van der Waals surface area (Å²) in [6, 6.07) is 11.4. The van der Waals surface area contributed by atoms with Gasteiger partial charge in [-0.05, 0) is 24.3 Å². The van der Waals surface area contributed by atoms with Crippen LogP contribution in [0, 0.1) is 5.82 Å². The van der Waals surface area contributed by atoms with Gasteiger partial charge in [-0.15, -0.1) is 0 Å². The molecule has 1 amide bonds. The van der Waals surface area contributed by atoms with Gasteiger partial charge in [-0.1, -0.05) is 18.2 Å². The number of benzene rings is 2. The molecule has 5 rings (SSSR count). The molecule has 1 N–H and O–H groups in total. The molecular weight excluding hydrogens is 433 g/mol. The molecule has 0 aliphatic rings. The molecule has 0 aliphatic heterocycles. The predicted molar refractivity (Wildman–Crippen MR) is 117 cm³/mol. The molecule has 2 aromatic carbocycles. The maximum Gasteiger partial charge on any atom is 0.264 e. The molecule has 0 atom stereocenters. The number of carbonyl (C=O) groups is 1. The highest BCUT2D eigenvalue weighted by Gasteiger charge is 2.13. The second kappa shape index (κ2) is 8.27. The van der Waals surface area contributed by atoms with Crippen LogP contribution >= 0.6 is 11.7 Å². The van der Waals surface area contributed by atoms with E-state index in [9.17, 15) is 14.0 Å². The summed E-state index contributed by atoms with van der Waals surface area (Å²) in [5, 5.41) is 7.38. The van der Waals surface area contributed by atoms with Crippen molar-refractivity contribution in [1.29, 1.82) is 0 Å². The number of fused-ring (bicyclic) bond motifs is 2. The molecule has 0 fully saturated rings. The average Bonchev–Trinajstić information content (AvgIpc) is 3.44. The first-order valence-corrected chi connectivity index (χ1v) is 10.5. The van der Waals surface area contributed by atoms with Crippen LogP contribution in [0.15, 0.2) is 59.8 Å². The summed E-state index contributed by atoms with van der Waals surface area (Å²) in [7, 11) is 0. The zero-order valence-corrected chi connectivity index (χ0v) is 17.4. The van der Waals surface area contributed by atoms with Crippen LogP contribution in [0.25, 0.3) is 22.1 Å². The largest absolute Gasteiger partial charge is 0.350 e. The number of nitrogens with one attached hydrogen (secondary N) is 1. The number of aromatic nitrogens is 6. The van der Waals surface area contributed by atoms with Crippen molar-refractivity contribution in [2.24, 2.45) is 0 Å². The van der Waals surface area contributed by atoms with Crippen LogP contribution in [0.2, 0.25) is 0 Å². The molecule has 9 nitrogen and oxygen atoms in total. The van der Waals surface area contributed by atoms with Gasteiger partial charge in [-0.25, -0.2) is 14.1 Å². The van der Waals surface area contributed by atoms with Gasteiger partial charge in [-0.3, -0.25) is 14.2 Å². The van der Waals surface area contributed by atoms with E-state index in [1.807, 2.05) is 0 Å². The Balaban J connectivity index is 1.28. The van der Waals surface area contributed by atoms with Gasteiger partial charge < -0.3 is 5.32 Å². The molecule has 0 bridgehead atoms. The highest BCUT2D eigenvalue weighted by Crippen LogP contribution is 2.13. The molecule has 0 saturated heterocycles. The van der Waals surface area contributed by atoms with Gasteiger partial charge >= 0.3 is 0 Å². The van der Waals surface area contributed by atoms with Gasteiger partial charge in [0.15, 0.2) is 5.65 Å². The topological polar surface area (TPSA) is 108 Å². The lowest BCUT2D eigenvalue weighted by Crippen LogP contribution is -2.27.